The Hall–Kier alpha value is -1.38. The van der Waals surface area contributed by atoms with Crippen LogP contribution in [0.15, 0.2) is 11.6 Å². The highest BCUT2D eigenvalue weighted by molar-refractivity contribution is 5.30. The molecule has 9 aliphatic rings. The molecule has 34 atom stereocenters. The number of fused-ring (bicyclic) bond motifs is 5. The van der Waals surface area contributed by atoms with Gasteiger partial charge in [-0.15, -0.1) is 0 Å². The van der Waals surface area contributed by atoms with Crippen LogP contribution >= 0.6 is 0 Å². The van der Waals surface area contributed by atoms with E-state index in [1.807, 2.05) is 0 Å². The molecule has 0 radical (unpaired) electrons. The van der Waals surface area contributed by atoms with E-state index in [4.69, 9.17) is 47.4 Å². The van der Waals surface area contributed by atoms with Gasteiger partial charge < -0.3 is 139 Å². The molecule has 28 heteroatoms. The van der Waals surface area contributed by atoms with E-state index in [0.29, 0.717) is 18.8 Å². The van der Waals surface area contributed by atoms with Crippen LogP contribution in [0.1, 0.15) is 113 Å². The van der Waals surface area contributed by atoms with Crippen molar-refractivity contribution in [2.24, 2.45) is 45.3 Å². The van der Waals surface area contributed by atoms with Crippen molar-refractivity contribution >= 4 is 0 Å². The molecule has 4 aliphatic carbocycles. The smallest absolute Gasteiger partial charge is 0.187 e. The predicted molar refractivity (Wildman–Crippen MR) is 299 cm³/mol. The summed E-state index contributed by atoms with van der Waals surface area (Å²) in [4.78, 5) is 0. The Morgan fingerprint density at radius 3 is 1.51 bits per heavy atom. The van der Waals surface area contributed by atoms with Crippen molar-refractivity contribution < 1.29 is 139 Å². The fourth-order valence-electron chi connectivity index (χ4n) is 17.1. The van der Waals surface area contributed by atoms with Gasteiger partial charge in [0, 0.05) is 5.41 Å². The molecule has 28 nitrogen and oxygen atoms in total. The van der Waals surface area contributed by atoms with Crippen LogP contribution in [-0.2, 0) is 47.4 Å². The second kappa shape index (κ2) is 27.4. The third kappa shape index (κ3) is 12.8. The lowest BCUT2D eigenvalue weighted by Gasteiger charge is -2.66. The van der Waals surface area contributed by atoms with E-state index in [-0.39, 0.29) is 40.4 Å². The molecule has 88 heavy (non-hydrogen) atoms. The largest absolute Gasteiger partial charge is 0.394 e. The summed E-state index contributed by atoms with van der Waals surface area (Å²) in [7, 11) is 0. The van der Waals surface area contributed by atoms with Gasteiger partial charge in [-0.05, 0) is 112 Å². The van der Waals surface area contributed by atoms with Gasteiger partial charge in [0.1, 0.15) is 122 Å². The first-order chi connectivity index (χ1) is 41.2. The third-order valence-electron chi connectivity index (χ3n) is 22.8. The molecule has 0 aromatic carbocycles. The van der Waals surface area contributed by atoms with Gasteiger partial charge in [0.05, 0.1) is 50.8 Å². The maximum atomic E-state index is 11.8. The maximum absolute atomic E-state index is 11.8. The first kappa shape index (κ1) is 70.9. The predicted octanol–water partition coefficient (Wildman–Crippen LogP) is -4.38. The van der Waals surface area contributed by atoms with Crippen molar-refractivity contribution in [2.45, 2.75) is 285 Å². The minimum absolute atomic E-state index is 0.0854. The summed E-state index contributed by atoms with van der Waals surface area (Å²) in [5.74, 6) is 0.828. The van der Waals surface area contributed by atoms with Gasteiger partial charge in [-0.2, -0.15) is 0 Å². The molecule has 5 aliphatic heterocycles. The van der Waals surface area contributed by atoms with Gasteiger partial charge >= 0.3 is 0 Å². The van der Waals surface area contributed by atoms with Crippen LogP contribution < -0.4 is 0 Å². The van der Waals surface area contributed by atoms with Gasteiger partial charge in [-0.25, -0.2) is 0 Å². The Morgan fingerprint density at radius 1 is 0.500 bits per heavy atom. The van der Waals surface area contributed by atoms with Crippen LogP contribution in [0.3, 0.4) is 0 Å². The highest BCUT2D eigenvalue weighted by Crippen LogP contribution is 2.75. The molecule has 3 unspecified atom stereocenters. The number of aliphatic hydroxyl groups excluding tert-OH is 17. The molecule has 0 aromatic heterocycles. The van der Waals surface area contributed by atoms with Gasteiger partial charge in [0.15, 0.2) is 31.5 Å². The summed E-state index contributed by atoms with van der Waals surface area (Å²) in [6.07, 6.45) is -33.8. The summed E-state index contributed by atoms with van der Waals surface area (Å²) in [5.41, 5.74) is -1.21. The quantitative estimate of drug-likeness (QED) is 0.0512. The Labute approximate surface area is 512 Å². The molecular weight excluding hydrogens is 1170 g/mol. The number of ether oxygens (including phenoxy) is 10. The Balaban J connectivity index is 0.872. The molecule has 3 saturated carbocycles. The molecule has 18 N–H and O–H groups in total. The lowest BCUT2D eigenvalue weighted by molar-refractivity contribution is -0.380. The minimum Gasteiger partial charge on any atom is -0.394 e. The summed E-state index contributed by atoms with van der Waals surface area (Å²) in [6, 6.07) is 0. The lowest BCUT2D eigenvalue weighted by Crippen LogP contribution is -2.65. The number of allylic oxidation sites excluding steroid dienone is 1. The monoisotopic (exact) mass is 1270 g/mol. The van der Waals surface area contributed by atoms with Crippen LogP contribution in [0.5, 0.6) is 0 Å². The van der Waals surface area contributed by atoms with E-state index in [2.05, 4.69) is 47.6 Å². The van der Waals surface area contributed by atoms with Gasteiger partial charge in [-0.3, -0.25) is 0 Å². The van der Waals surface area contributed by atoms with E-state index in [0.717, 1.165) is 38.5 Å². The maximum Gasteiger partial charge on any atom is 0.187 e. The summed E-state index contributed by atoms with van der Waals surface area (Å²) >= 11 is 0. The van der Waals surface area contributed by atoms with E-state index < -0.39 is 210 Å². The standard InChI is InChI=1S/C60H102O28/c1-24(9-13-35(57(4,5)78)86-55-50(88-54-47(76)42(71)38(67)30(21-63)82-54)43(72)39(68)32(84-55)23-79-51-45(74)40(69)36(65)28(19-61)80-51)25-15-16-60(8)33-12-10-26-27(58(33,6)17-18-59(25,60)7)11-14-34(56(26,2)3)85-52-48(77)44(73)49(31(22-64)83-52)87-53-46(75)41(70)37(66)29(20-62)81-53/h10,24-25,27-55,61-78H,9,11-23H2,1-8H3/t24-,25?,27?,28-,29-,30+,31-,32-,33?,34+,35-,36-,37-,38+,39-,40+,41+,42-,43+,44-,45-,46-,47+,48-,49-,50-,51-,52+,53+,54-,55+,58+,59-,60+/m1/s1. The van der Waals surface area contributed by atoms with Crippen LogP contribution in [-0.4, -0.2) is 296 Å². The second-order valence-corrected chi connectivity index (χ2v) is 28.6. The summed E-state index contributed by atoms with van der Waals surface area (Å²) in [6.45, 7) is 13.2. The van der Waals surface area contributed by atoms with E-state index in [1.165, 1.54) is 5.57 Å². The average Bonchev–Trinajstić information content (AvgIpc) is 1.34. The number of hydrogen-bond acceptors (Lipinski definition) is 28. The fourth-order valence-corrected chi connectivity index (χ4v) is 17.1. The van der Waals surface area contributed by atoms with Crippen molar-refractivity contribution in [3.05, 3.63) is 11.6 Å². The van der Waals surface area contributed by atoms with Crippen LogP contribution in [0.25, 0.3) is 0 Å². The average molecular weight is 1270 g/mol. The minimum atomic E-state index is -1.93. The molecule has 0 spiro atoms. The van der Waals surface area contributed by atoms with E-state index >= 15 is 0 Å². The Bertz CT molecular complexity index is 2310. The third-order valence-corrected chi connectivity index (χ3v) is 22.8. The molecule has 0 bridgehead atoms. The Kier molecular flexibility index (Phi) is 22.1. The molecule has 8 fully saturated rings. The topological polar surface area (TPSA) is 456 Å². The zero-order valence-corrected chi connectivity index (χ0v) is 51.5. The molecule has 5 heterocycles. The second-order valence-electron chi connectivity index (χ2n) is 28.6. The highest BCUT2D eigenvalue weighted by atomic mass is 16.8. The van der Waals surface area contributed by atoms with Crippen molar-refractivity contribution in [1.82, 2.24) is 0 Å². The zero-order chi connectivity index (χ0) is 64.7. The molecule has 0 amide bonds. The molecule has 0 aromatic rings. The van der Waals surface area contributed by atoms with Crippen molar-refractivity contribution in [1.29, 1.82) is 0 Å². The first-order valence-corrected chi connectivity index (χ1v) is 31.5. The fraction of sp³-hybridized carbons (Fsp3) is 0.967. The van der Waals surface area contributed by atoms with E-state index in [9.17, 15) is 91.9 Å². The van der Waals surface area contributed by atoms with Crippen LogP contribution in [0.4, 0.5) is 0 Å². The van der Waals surface area contributed by atoms with E-state index in [1.54, 1.807) is 13.8 Å². The Morgan fingerprint density at radius 2 is 0.966 bits per heavy atom. The summed E-state index contributed by atoms with van der Waals surface area (Å²) < 4.78 is 59.7. The van der Waals surface area contributed by atoms with Gasteiger partial charge in [0.2, 0.25) is 0 Å². The van der Waals surface area contributed by atoms with Crippen LogP contribution in [0, 0.1) is 45.3 Å². The molecule has 510 valence electrons. The molecule has 9 rings (SSSR count). The number of rotatable bonds is 20. The van der Waals surface area contributed by atoms with Gasteiger partial charge in [0.25, 0.3) is 0 Å². The van der Waals surface area contributed by atoms with Crippen molar-refractivity contribution in [2.75, 3.05) is 33.0 Å². The lowest BCUT2D eigenvalue weighted by atomic mass is 9.39. The zero-order valence-electron chi connectivity index (χ0n) is 51.5. The number of aliphatic hydroxyl groups is 18. The first-order valence-electron chi connectivity index (χ1n) is 31.5. The molecule has 5 saturated heterocycles. The van der Waals surface area contributed by atoms with Crippen molar-refractivity contribution in [3.8, 4) is 0 Å². The normalized spacial score (nSPS) is 51.4. The highest BCUT2D eigenvalue weighted by Gasteiger charge is 2.68. The number of hydrogen-bond donors (Lipinski definition) is 18. The SMILES string of the molecule is C[C@H](CC[C@@H](O[C@@H]1O[C@H](CO[C@@H]2O[C@H](CO)[C@@H](O)[C@H](O)[C@H]2O)[C@@H](O)[C@H](O)[C@H]1O[C@H]1O[C@@H](CO)[C@H](O)[C@@H](O)[C@@H]1O)C(C)(C)O)C1CC[C@@]2(C)C3CC=C4C(CC[C@H](O[C@@H]5O[C@H](CO)[C@@H](O[C@@H]6O[C@H](CO)[C@@H](O)[C@H](O)[C@H]6O)[C@H](O)[C@H]5O)C4(C)C)[C@]3(C)CC[C@]12C. The van der Waals surface area contributed by atoms with Crippen LogP contribution in [0.2, 0.25) is 0 Å². The van der Waals surface area contributed by atoms with Gasteiger partial charge in [-0.1, -0.05) is 53.2 Å². The van der Waals surface area contributed by atoms with Crippen molar-refractivity contribution in [3.63, 3.8) is 0 Å². The molecular formula is C60H102O28. The summed E-state index contributed by atoms with van der Waals surface area (Å²) in [5, 5.41) is 193.